The molecule has 76 valence electrons. The number of nitrogens with zero attached hydrogens (tertiary/aromatic N) is 1. The summed E-state index contributed by atoms with van der Waals surface area (Å²) in [6.45, 7) is 0. The monoisotopic (exact) mass is 282 g/mol. The zero-order valence-corrected chi connectivity index (χ0v) is 10.0. The van der Waals surface area contributed by atoms with Crippen molar-refractivity contribution in [3.8, 4) is 5.69 Å². The van der Waals surface area contributed by atoms with E-state index < -0.39 is 0 Å². The van der Waals surface area contributed by atoms with Gasteiger partial charge < -0.3 is 0 Å². The van der Waals surface area contributed by atoms with E-state index in [1.165, 1.54) is 6.07 Å². The lowest BCUT2D eigenvalue weighted by molar-refractivity contribution is 0.933. The molecule has 15 heavy (non-hydrogen) atoms. The van der Waals surface area contributed by atoms with Crippen molar-refractivity contribution in [2.24, 2.45) is 0 Å². The first-order valence-electron chi connectivity index (χ1n) is 4.25. The van der Waals surface area contributed by atoms with Gasteiger partial charge in [-0.1, -0.05) is 12.1 Å². The molecule has 0 aliphatic heterocycles. The van der Waals surface area contributed by atoms with Crippen molar-refractivity contribution in [1.82, 2.24) is 9.55 Å². The lowest BCUT2D eigenvalue weighted by Crippen LogP contribution is -2.09. The molecule has 3 nitrogen and oxygen atoms in total. The van der Waals surface area contributed by atoms with E-state index in [4.69, 9.17) is 12.2 Å². The number of benzene rings is 1. The predicted octanol–water partition coefficient (Wildman–Crippen LogP) is 2.66. The van der Waals surface area contributed by atoms with Crippen molar-refractivity contribution < 1.29 is 0 Å². The Morgan fingerprint density at radius 1 is 1.27 bits per heavy atom. The van der Waals surface area contributed by atoms with Gasteiger partial charge in [-0.25, -0.2) is 0 Å². The van der Waals surface area contributed by atoms with Crippen LogP contribution in [0, 0.1) is 4.77 Å². The van der Waals surface area contributed by atoms with Gasteiger partial charge in [0.2, 0.25) is 0 Å². The van der Waals surface area contributed by atoms with E-state index in [9.17, 15) is 4.79 Å². The smallest absolute Gasteiger partial charge is 0.251 e. The van der Waals surface area contributed by atoms with Gasteiger partial charge in [0.05, 0.1) is 5.69 Å². The summed E-state index contributed by atoms with van der Waals surface area (Å²) in [6, 6.07) is 9.10. The number of H-pyrrole nitrogens is 1. The van der Waals surface area contributed by atoms with Crippen LogP contribution in [0.3, 0.4) is 0 Å². The quantitative estimate of drug-likeness (QED) is 0.817. The van der Waals surface area contributed by atoms with Crippen LogP contribution in [0.2, 0.25) is 0 Å². The van der Waals surface area contributed by atoms with Gasteiger partial charge in [-0.3, -0.25) is 14.3 Å². The van der Waals surface area contributed by atoms with E-state index in [-0.39, 0.29) is 5.56 Å². The van der Waals surface area contributed by atoms with Gasteiger partial charge in [0.1, 0.15) is 0 Å². The molecule has 2 rings (SSSR count). The summed E-state index contributed by atoms with van der Waals surface area (Å²) in [6.07, 6.45) is 1.65. The summed E-state index contributed by atoms with van der Waals surface area (Å²) in [5.74, 6) is 0. The Kier molecular flexibility index (Phi) is 2.83. The van der Waals surface area contributed by atoms with Crippen molar-refractivity contribution in [3.63, 3.8) is 0 Å². The normalized spacial score (nSPS) is 10.2. The minimum atomic E-state index is -0.191. The summed E-state index contributed by atoms with van der Waals surface area (Å²) in [5.41, 5.74) is 0.710. The van der Waals surface area contributed by atoms with E-state index in [2.05, 4.69) is 20.9 Å². The Labute approximate surface area is 99.5 Å². The van der Waals surface area contributed by atoms with Gasteiger partial charge >= 0.3 is 0 Å². The first-order valence-corrected chi connectivity index (χ1v) is 5.45. The molecule has 5 heteroatoms. The minimum absolute atomic E-state index is 0.191. The number of halogens is 1. The average Bonchev–Trinajstić information content (AvgIpc) is 2.20. The highest BCUT2D eigenvalue weighted by Crippen LogP contribution is 2.19. The maximum atomic E-state index is 11.0. The predicted molar refractivity (Wildman–Crippen MR) is 64.9 cm³/mol. The Morgan fingerprint density at radius 3 is 2.67 bits per heavy atom. The molecule has 1 aromatic carbocycles. The van der Waals surface area contributed by atoms with Crippen LogP contribution in [-0.4, -0.2) is 9.55 Å². The number of hydrogen-bond acceptors (Lipinski definition) is 2. The third-order valence-corrected chi connectivity index (χ3v) is 2.91. The molecule has 0 spiro atoms. The van der Waals surface area contributed by atoms with Crippen LogP contribution in [0.25, 0.3) is 5.69 Å². The molecule has 0 saturated carbocycles. The van der Waals surface area contributed by atoms with E-state index in [1.807, 2.05) is 24.3 Å². The second kappa shape index (κ2) is 4.12. The first kappa shape index (κ1) is 10.3. The zero-order chi connectivity index (χ0) is 10.8. The molecule has 0 amide bonds. The largest absolute Gasteiger partial charge is 0.299 e. The molecule has 0 saturated heterocycles. The summed E-state index contributed by atoms with van der Waals surface area (Å²) < 4.78 is 3.04. The van der Waals surface area contributed by atoms with Gasteiger partial charge in [0.25, 0.3) is 5.56 Å². The SMILES string of the molecule is O=c1ccn(-c2ccccc2Br)c(=S)[nH]1. The zero-order valence-electron chi connectivity index (χ0n) is 7.61. The Hall–Kier alpha value is -1.20. The van der Waals surface area contributed by atoms with Crippen molar-refractivity contribution in [3.05, 3.63) is 56.1 Å². The summed E-state index contributed by atoms with van der Waals surface area (Å²) in [7, 11) is 0. The molecule has 0 unspecified atom stereocenters. The van der Waals surface area contributed by atoms with E-state index in [0.29, 0.717) is 4.77 Å². The molecule has 0 aliphatic carbocycles. The molecule has 2 aromatic rings. The van der Waals surface area contributed by atoms with Crippen LogP contribution in [-0.2, 0) is 0 Å². The van der Waals surface area contributed by atoms with Crippen LogP contribution < -0.4 is 5.56 Å². The average molecular weight is 283 g/mol. The summed E-state index contributed by atoms with van der Waals surface area (Å²) in [5, 5.41) is 0. The van der Waals surface area contributed by atoms with Gasteiger partial charge in [-0.15, -0.1) is 0 Å². The Bertz CT molecular complexity index is 603. The van der Waals surface area contributed by atoms with Crippen LogP contribution in [0.1, 0.15) is 0 Å². The third kappa shape index (κ3) is 2.08. The molecule has 0 aliphatic rings. The molecule has 0 bridgehead atoms. The van der Waals surface area contributed by atoms with Gasteiger partial charge in [0, 0.05) is 16.7 Å². The molecule has 0 radical (unpaired) electrons. The molecular formula is C10H7BrN2OS. The highest BCUT2D eigenvalue weighted by Gasteiger charge is 2.00. The van der Waals surface area contributed by atoms with Crippen LogP contribution >= 0.6 is 28.1 Å². The fourth-order valence-electron chi connectivity index (χ4n) is 1.25. The lowest BCUT2D eigenvalue weighted by atomic mass is 10.3. The first-order chi connectivity index (χ1) is 7.18. The van der Waals surface area contributed by atoms with Crippen molar-refractivity contribution in [1.29, 1.82) is 0 Å². The van der Waals surface area contributed by atoms with Crippen LogP contribution in [0.5, 0.6) is 0 Å². The van der Waals surface area contributed by atoms with Crippen LogP contribution in [0.4, 0.5) is 0 Å². The van der Waals surface area contributed by atoms with Gasteiger partial charge in [-0.2, -0.15) is 0 Å². The second-order valence-electron chi connectivity index (χ2n) is 2.93. The molecule has 0 atom stereocenters. The molecule has 0 fully saturated rings. The van der Waals surface area contributed by atoms with E-state index >= 15 is 0 Å². The number of para-hydroxylation sites is 1. The highest BCUT2D eigenvalue weighted by molar-refractivity contribution is 9.10. The fourth-order valence-corrected chi connectivity index (χ4v) is 1.99. The number of nitrogens with one attached hydrogen (secondary N) is 1. The Balaban J connectivity index is 2.70. The number of hydrogen-bond donors (Lipinski definition) is 1. The number of rotatable bonds is 1. The van der Waals surface area contributed by atoms with Crippen molar-refractivity contribution >= 4 is 28.1 Å². The molecule has 1 heterocycles. The standard InChI is InChI=1S/C10H7BrN2OS/c11-7-3-1-2-4-8(7)13-6-5-9(14)12-10(13)15/h1-6H,(H,12,14,15). The van der Waals surface area contributed by atoms with Gasteiger partial charge in [0.15, 0.2) is 4.77 Å². The Morgan fingerprint density at radius 2 is 2.00 bits per heavy atom. The third-order valence-electron chi connectivity index (χ3n) is 1.94. The van der Waals surface area contributed by atoms with Crippen LogP contribution in [0.15, 0.2) is 45.8 Å². The van der Waals surface area contributed by atoms with Gasteiger partial charge in [-0.05, 0) is 40.3 Å². The maximum Gasteiger partial charge on any atom is 0.251 e. The van der Waals surface area contributed by atoms with E-state index in [0.717, 1.165) is 10.2 Å². The maximum absolute atomic E-state index is 11.0. The van der Waals surface area contributed by atoms with E-state index in [1.54, 1.807) is 10.8 Å². The highest BCUT2D eigenvalue weighted by atomic mass is 79.9. The molecular weight excluding hydrogens is 276 g/mol. The summed E-state index contributed by atoms with van der Waals surface area (Å²) in [4.78, 5) is 13.6. The minimum Gasteiger partial charge on any atom is -0.299 e. The fraction of sp³-hybridized carbons (Fsp3) is 0. The second-order valence-corrected chi connectivity index (χ2v) is 4.17. The number of aromatic amines is 1. The van der Waals surface area contributed by atoms with Crippen molar-refractivity contribution in [2.75, 3.05) is 0 Å². The lowest BCUT2D eigenvalue weighted by Gasteiger charge is -2.07. The molecule has 1 aromatic heterocycles. The summed E-state index contributed by atoms with van der Waals surface area (Å²) >= 11 is 8.49. The topological polar surface area (TPSA) is 37.8 Å². The number of aromatic nitrogens is 2. The molecule has 1 N–H and O–H groups in total. The van der Waals surface area contributed by atoms with Crippen molar-refractivity contribution in [2.45, 2.75) is 0 Å².